The predicted octanol–water partition coefficient (Wildman–Crippen LogP) is 4.54. The number of rotatable bonds is 1. The number of hydrogen-bond acceptors (Lipinski definition) is 0. The Hall–Kier alpha value is -1.56. The minimum absolute atomic E-state index is 1.26. The van der Waals surface area contributed by atoms with Crippen LogP contribution in [0.15, 0.2) is 42.5 Å². The Morgan fingerprint density at radius 1 is 0.824 bits per heavy atom. The van der Waals surface area contributed by atoms with E-state index in [0.717, 1.165) is 0 Å². The second-order valence-corrected chi connectivity index (χ2v) is 5.01. The second kappa shape index (κ2) is 4.37. The molecule has 86 valence electrons. The van der Waals surface area contributed by atoms with Gasteiger partial charge in [-0.15, -0.1) is 0 Å². The molecular weight excluding hydrogens is 204 g/mol. The van der Waals surface area contributed by atoms with Crippen LogP contribution in [0.3, 0.4) is 0 Å². The first kappa shape index (κ1) is 10.6. The van der Waals surface area contributed by atoms with Gasteiger partial charge in [0.1, 0.15) is 0 Å². The highest BCUT2D eigenvalue weighted by Gasteiger charge is 2.12. The average molecular weight is 222 g/mol. The Kier molecular flexibility index (Phi) is 2.72. The van der Waals surface area contributed by atoms with Crippen LogP contribution in [0.25, 0.3) is 11.1 Å². The monoisotopic (exact) mass is 222 g/mol. The van der Waals surface area contributed by atoms with E-state index in [1.54, 1.807) is 11.1 Å². The SMILES string of the molecule is Cc1cc2c(cc1-c1ccccc1)CCCC2. The van der Waals surface area contributed by atoms with Crippen LogP contribution in [0, 0.1) is 6.92 Å². The molecule has 0 N–H and O–H groups in total. The summed E-state index contributed by atoms with van der Waals surface area (Å²) in [5, 5.41) is 0. The summed E-state index contributed by atoms with van der Waals surface area (Å²) < 4.78 is 0. The van der Waals surface area contributed by atoms with E-state index in [-0.39, 0.29) is 0 Å². The fourth-order valence-electron chi connectivity index (χ4n) is 2.84. The first-order chi connectivity index (χ1) is 8.34. The Balaban J connectivity index is 2.12. The van der Waals surface area contributed by atoms with Crippen LogP contribution >= 0.6 is 0 Å². The molecule has 0 atom stereocenters. The van der Waals surface area contributed by atoms with Crippen molar-refractivity contribution >= 4 is 0 Å². The van der Waals surface area contributed by atoms with Gasteiger partial charge in [0.2, 0.25) is 0 Å². The lowest BCUT2D eigenvalue weighted by molar-refractivity contribution is 0.685. The van der Waals surface area contributed by atoms with E-state index in [9.17, 15) is 0 Å². The van der Waals surface area contributed by atoms with Gasteiger partial charge in [-0.25, -0.2) is 0 Å². The third kappa shape index (κ3) is 2.00. The van der Waals surface area contributed by atoms with Gasteiger partial charge in [0.15, 0.2) is 0 Å². The molecule has 1 aliphatic rings. The molecule has 0 heterocycles. The number of aryl methyl sites for hydroxylation is 3. The Bertz CT molecular complexity index is 523. The molecule has 0 spiro atoms. The van der Waals surface area contributed by atoms with Gasteiger partial charge in [-0.05, 0) is 60.4 Å². The summed E-state index contributed by atoms with van der Waals surface area (Å²) in [5.74, 6) is 0. The molecule has 0 radical (unpaired) electrons. The lowest BCUT2D eigenvalue weighted by Gasteiger charge is -2.18. The number of benzene rings is 2. The highest BCUT2D eigenvalue weighted by molar-refractivity contribution is 5.68. The lowest BCUT2D eigenvalue weighted by atomic mass is 9.87. The standard InChI is InChI=1S/C17H18/c1-13-11-15-9-5-6-10-16(15)12-17(13)14-7-3-2-4-8-14/h2-4,7-8,11-12H,5-6,9-10H2,1H3. The predicted molar refractivity (Wildman–Crippen MR) is 73.3 cm³/mol. The van der Waals surface area contributed by atoms with Crippen LogP contribution in [-0.4, -0.2) is 0 Å². The largest absolute Gasteiger partial charge is 0.0622 e. The van der Waals surface area contributed by atoms with Crippen molar-refractivity contribution in [3.8, 4) is 11.1 Å². The van der Waals surface area contributed by atoms with Gasteiger partial charge >= 0.3 is 0 Å². The quantitative estimate of drug-likeness (QED) is 0.664. The topological polar surface area (TPSA) is 0 Å². The van der Waals surface area contributed by atoms with Crippen molar-refractivity contribution in [2.75, 3.05) is 0 Å². The zero-order chi connectivity index (χ0) is 11.7. The van der Waals surface area contributed by atoms with Crippen LogP contribution in [0.2, 0.25) is 0 Å². The van der Waals surface area contributed by atoms with Gasteiger partial charge < -0.3 is 0 Å². The number of hydrogen-bond donors (Lipinski definition) is 0. The molecule has 3 rings (SSSR count). The molecule has 2 aromatic rings. The lowest BCUT2D eigenvalue weighted by Crippen LogP contribution is -2.03. The summed E-state index contributed by atoms with van der Waals surface area (Å²) >= 11 is 0. The van der Waals surface area contributed by atoms with E-state index in [4.69, 9.17) is 0 Å². The van der Waals surface area contributed by atoms with Crippen LogP contribution in [-0.2, 0) is 12.8 Å². The molecule has 1 aliphatic carbocycles. The molecule has 0 aromatic heterocycles. The van der Waals surface area contributed by atoms with E-state index in [0.29, 0.717) is 0 Å². The highest BCUT2D eigenvalue weighted by Crippen LogP contribution is 2.30. The molecule has 0 amide bonds. The van der Waals surface area contributed by atoms with E-state index >= 15 is 0 Å². The molecular formula is C17H18. The third-order valence-electron chi connectivity index (χ3n) is 3.77. The fourth-order valence-corrected chi connectivity index (χ4v) is 2.84. The van der Waals surface area contributed by atoms with Crippen molar-refractivity contribution in [2.45, 2.75) is 32.6 Å². The highest BCUT2D eigenvalue weighted by atomic mass is 14.2. The maximum atomic E-state index is 2.42. The molecule has 0 nitrogen and oxygen atoms in total. The van der Waals surface area contributed by atoms with Crippen LogP contribution in [0.4, 0.5) is 0 Å². The first-order valence-corrected chi connectivity index (χ1v) is 6.52. The van der Waals surface area contributed by atoms with Crippen molar-refractivity contribution in [3.05, 3.63) is 59.2 Å². The summed E-state index contributed by atoms with van der Waals surface area (Å²) in [6.45, 7) is 2.23. The van der Waals surface area contributed by atoms with E-state index in [2.05, 4.69) is 49.4 Å². The van der Waals surface area contributed by atoms with Crippen LogP contribution in [0.1, 0.15) is 29.5 Å². The number of fused-ring (bicyclic) bond motifs is 1. The summed E-state index contributed by atoms with van der Waals surface area (Å²) in [6.07, 6.45) is 5.24. The Labute approximate surface area is 103 Å². The molecule has 0 aliphatic heterocycles. The second-order valence-electron chi connectivity index (χ2n) is 5.01. The molecule has 0 saturated carbocycles. The van der Waals surface area contributed by atoms with Crippen LogP contribution < -0.4 is 0 Å². The smallest absolute Gasteiger partial charge is 0.0152 e. The molecule has 0 unspecified atom stereocenters. The van der Waals surface area contributed by atoms with Crippen molar-refractivity contribution < 1.29 is 0 Å². The van der Waals surface area contributed by atoms with Crippen LogP contribution in [0.5, 0.6) is 0 Å². The third-order valence-corrected chi connectivity index (χ3v) is 3.77. The Morgan fingerprint density at radius 3 is 2.18 bits per heavy atom. The summed E-state index contributed by atoms with van der Waals surface area (Å²) in [5.41, 5.74) is 7.32. The van der Waals surface area contributed by atoms with Crippen molar-refractivity contribution in [1.82, 2.24) is 0 Å². The summed E-state index contributed by atoms with van der Waals surface area (Å²) in [7, 11) is 0. The van der Waals surface area contributed by atoms with E-state index < -0.39 is 0 Å². The molecule has 2 aromatic carbocycles. The maximum Gasteiger partial charge on any atom is -0.0152 e. The van der Waals surface area contributed by atoms with E-state index in [1.165, 1.54) is 42.4 Å². The normalized spacial score (nSPS) is 14.4. The molecule has 0 heteroatoms. The van der Waals surface area contributed by atoms with Crippen molar-refractivity contribution in [2.24, 2.45) is 0 Å². The van der Waals surface area contributed by atoms with E-state index in [1.807, 2.05) is 0 Å². The minimum atomic E-state index is 1.26. The molecule has 0 bridgehead atoms. The van der Waals surface area contributed by atoms with Gasteiger partial charge in [-0.2, -0.15) is 0 Å². The average Bonchev–Trinajstić information content (AvgIpc) is 2.39. The Morgan fingerprint density at radius 2 is 1.47 bits per heavy atom. The first-order valence-electron chi connectivity index (χ1n) is 6.52. The van der Waals surface area contributed by atoms with Gasteiger partial charge in [0, 0.05) is 0 Å². The zero-order valence-corrected chi connectivity index (χ0v) is 10.4. The van der Waals surface area contributed by atoms with Gasteiger partial charge in [0.05, 0.1) is 0 Å². The van der Waals surface area contributed by atoms with Gasteiger partial charge in [0.25, 0.3) is 0 Å². The van der Waals surface area contributed by atoms with Gasteiger partial charge in [-0.1, -0.05) is 42.5 Å². The van der Waals surface area contributed by atoms with Crippen molar-refractivity contribution in [1.29, 1.82) is 0 Å². The fraction of sp³-hybridized carbons (Fsp3) is 0.294. The van der Waals surface area contributed by atoms with Gasteiger partial charge in [-0.3, -0.25) is 0 Å². The molecule has 0 fully saturated rings. The zero-order valence-electron chi connectivity index (χ0n) is 10.4. The molecule has 0 saturated heterocycles. The van der Waals surface area contributed by atoms with Crippen molar-refractivity contribution in [3.63, 3.8) is 0 Å². The maximum absolute atomic E-state index is 2.42. The summed E-state index contributed by atoms with van der Waals surface area (Å²) in [4.78, 5) is 0. The minimum Gasteiger partial charge on any atom is -0.0622 e. The summed E-state index contributed by atoms with van der Waals surface area (Å²) in [6, 6.07) is 15.5. The molecule has 17 heavy (non-hydrogen) atoms.